The minimum Gasteiger partial charge on any atom is -0.300 e. The van der Waals surface area contributed by atoms with E-state index in [1.54, 1.807) is 0 Å². The van der Waals surface area contributed by atoms with E-state index in [4.69, 9.17) is 0 Å². The summed E-state index contributed by atoms with van der Waals surface area (Å²) in [6.45, 7) is 13.9. The lowest BCUT2D eigenvalue weighted by atomic mass is 10.1. The van der Waals surface area contributed by atoms with Gasteiger partial charge >= 0.3 is 0 Å². The van der Waals surface area contributed by atoms with Gasteiger partial charge < -0.3 is 4.90 Å². The van der Waals surface area contributed by atoms with Crippen LogP contribution in [0, 0.1) is 5.92 Å². The van der Waals surface area contributed by atoms with Crippen molar-refractivity contribution < 1.29 is 4.79 Å². The number of nitrogens with zero attached hydrogens (tertiary/aromatic N) is 2. The standard InChI is InChI=1S/C13H26N2O/c1-11(2)13(16)5-6-14-7-9-15(10-8-14)12(3)4/h11-12H,5-10H2,1-4H3. The van der Waals surface area contributed by atoms with Crippen molar-refractivity contribution in [3.8, 4) is 0 Å². The molecule has 0 unspecified atom stereocenters. The molecule has 1 saturated heterocycles. The van der Waals surface area contributed by atoms with Crippen LogP contribution < -0.4 is 0 Å². The van der Waals surface area contributed by atoms with Crippen LogP contribution in [-0.4, -0.2) is 54.3 Å². The van der Waals surface area contributed by atoms with Gasteiger partial charge in [0.15, 0.2) is 0 Å². The van der Waals surface area contributed by atoms with Gasteiger partial charge in [-0.15, -0.1) is 0 Å². The highest BCUT2D eigenvalue weighted by molar-refractivity contribution is 5.80. The van der Waals surface area contributed by atoms with E-state index in [0.29, 0.717) is 11.8 Å². The monoisotopic (exact) mass is 226 g/mol. The van der Waals surface area contributed by atoms with Crippen LogP contribution in [0.4, 0.5) is 0 Å². The summed E-state index contributed by atoms with van der Waals surface area (Å²) >= 11 is 0. The molecule has 1 aliphatic rings. The van der Waals surface area contributed by atoms with Crippen molar-refractivity contribution in [2.24, 2.45) is 5.92 Å². The molecule has 94 valence electrons. The predicted molar refractivity (Wildman–Crippen MR) is 67.6 cm³/mol. The molecular formula is C13H26N2O. The number of carbonyl (C=O) groups is 1. The van der Waals surface area contributed by atoms with Crippen LogP contribution in [0.25, 0.3) is 0 Å². The van der Waals surface area contributed by atoms with E-state index in [1.807, 2.05) is 13.8 Å². The Morgan fingerprint density at radius 2 is 1.62 bits per heavy atom. The fourth-order valence-corrected chi connectivity index (χ4v) is 2.06. The summed E-state index contributed by atoms with van der Waals surface area (Å²) in [5.41, 5.74) is 0. The van der Waals surface area contributed by atoms with Crippen LogP contribution in [0.15, 0.2) is 0 Å². The van der Waals surface area contributed by atoms with Gasteiger partial charge in [-0.05, 0) is 13.8 Å². The first-order valence-electron chi connectivity index (χ1n) is 6.50. The highest BCUT2D eigenvalue weighted by Gasteiger charge is 2.19. The zero-order valence-electron chi connectivity index (χ0n) is 11.2. The third-order valence-corrected chi connectivity index (χ3v) is 3.46. The largest absolute Gasteiger partial charge is 0.300 e. The molecule has 0 amide bonds. The lowest BCUT2D eigenvalue weighted by Gasteiger charge is -2.36. The molecule has 16 heavy (non-hydrogen) atoms. The molecule has 3 heteroatoms. The molecule has 0 bridgehead atoms. The van der Waals surface area contributed by atoms with Crippen LogP contribution >= 0.6 is 0 Å². The Balaban J connectivity index is 2.20. The van der Waals surface area contributed by atoms with Gasteiger partial charge in [0.2, 0.25) is 0 Å². The maximum Gasteiger partial charge on any atom is 0.136 e. The maximum absolute atomic E-state index is 11.5. The van der Waals surface area contributed by atoms with Gasteiger partial charge in [0.1, 0.15) is 5.78 Å². The lowest BCUT2D eigenvalue weighted by molar-refractivity contribution is -0.122. The van der Waals surface area contributed by atoms with Crippen LogP contribution in [0.3, 0.4) is 0 Å². The minimum atomic E-state index is 0.192. The molecule has 1 rings (SSSR count). The second-order valence-corrected chi connectivity index (χ2v) is 5.34. The molecule has 1 fully saturated rings. The fraction of sp³-hybridized carbons (Fsp3) is 0.923. The van der Waals surface area contributed by atoms with Gasteiger partial charge in [0, 0.05) is 51.1 Å². The average Bonchev–Trinajstić information content (AvgIpc) is 2.26. The molecule has 0 atom stereocenters. The Hall–Kier alpha value is -0.410. The first-order valence-corrected chi connectivity index (χ1v) is 6.50. The Labute approximate surface area is 99.8 Å². The molecule has 0 aromatic heterocycles. The molecule has 0 N–H and O–H groups in total. The maximum atomic E-state index is 11.5. The van der Waals surface area contributed by atoms with E-state index < -0.39 is 0 Å². The van der Waals surface area contributed by atoms with E-state index in [9.17, 15) is 4.79 Å². The Bertz CT molecular complexity index is 218. The van der Waals surface area contributed by atoms with Gasteiger partial charge in [-0.25, -0.2) is 0 Å². The molecule has 0 aromatic rings. The van der Waals surface area contributed by atoms with E-state index in [-0.39, 0.29) is 5.92 Å². The highest BCUT2D eigenvalue weighted by atomic mass is 16.1. The van der Waals surface area contributed by atoms with Crippen molar-refractivity contribution in [1.29, 1.82) is 0 Å². The lowest BCUT2D eigenvalue weighted by Crippen LogP contribution is -2.49. The molecule has 0 spiro atoms. The SMILES string of the molecule is CC(C)C(=O)CCN1CCN(C(C)C)CC1. The number of hydrogen-bond acceptors (Lipinski definition) is 3. The number of Topliss-reactive ketones (excluding diaryl/α,β-unsaturated/α-hetero) is 1. The second-order valence-electron chi connectivity index (χ2n) is 5.34. The third kappa shape index (κ3) is 4.22. The van der Waals surface area contributed by atoms with Gasteiger partial charge in [-0.2, -0.15) is 0 Å². The topological polar surface area (TPSA) is 23.6 Å². The van der Waals surface area contributed by atoms with Crippen molar-refractivity contribution >= 4 is 5.78 Å². The Morgan fingerprint density at radius 1 is 1.06 bits per heavy atom. The molecule has 1 heterocycles. The quantitative estimate of drug-likeness (QED) is 0.712. The van der Waals surface area contributed by atoms with Gasteiger partial charge in [-0.1, -0.05) is 13.8 Å². The first-order chi connectivity index (χ1) is 7.50. The zero-order chi connectivity index (χ0) is 12.1. The van der Waals surface area contributed by atoms with Crippen molar-refractivity contribution in [2.45, 2.75) is 40.2 Å². The summed E-state index contributed by atoms with van der Waals surface area (Å²) in [5, 5.41) is 0. The van der Waals surface area contributed by atoms with Crippen molar-refractivity contribution in [3.63, 3.8) is 0 Å². The smallest absolute Gasteiger partial charge is 0.136 e. The van der Waals surface area contributed by atoms with Crippen molar-refractivity contribution in [3.05, 3.63) is 0 Å². The van der Waals surface area contributed by atoms with Gasteiger partial charge in [0.25, 0.3) is 0 Å². The van der Waals surface area contributed by atoms with E-state index in [2.05, 4.69) is 23.6 Å². The molecule has 0 saturated carbocycles. The first kappa shape index (κ1) is 13.7. The normalized spacial score (nSPS) is 19.6. The Kier molecular flexibility index (Phi) is 5.42. The predicted octanol–water partition coefficient (Wildman–Crippen LogP) is 1.63. The summed E-state index contributed by atoms with van der Waals surface area (Å²) in [7, 11) is 0. The van der Waals surface area contributed by atoms with Crippen LogP contribution in [0.1, 0.15) is 34.1 Å². The molecule has 0 aromatic carbocycles. The number of ketones is 1. The van der Waals surface area contributed by atoms with E-state index in [0.717, 1.165) is 39.1 Å². The van der Waals surface area contributed by atoms with E-state index >= 15 is 0 Å². The highest BCUT2D eigenvalue weighted by Crippen LogP contribution is 2.07. The molecule has 0 radical (unpaired) electrons. The zero-order valence-corrected chi connectivity index (χ0v) is 11.2. The summed E-state index contributed by atoms with van der Waals surface area (Å²) in [6, 6.07) is 0.652. The number of carbonyl (C=O) groups excluding carboxylic acids is 1. The second kappa shape index (κ2) is 6.36. The number of piperazine rings is 1. The van der Waals surface area contributed by atoms with Crippen LogP contribution in [0.2, 0.25) is 0 Å². The Morgan fingerprint density at radius 3 is 2.06 bits per heavy atom. The number of hydrogen-bond donors (Lipinski definition) is 0. The summed E-state index contributed by atoms with van der Waals surface area (Å²) in [5.74, 6) is 0.586. The van der Waals surface area contributed by atoms with Crippen LogP contribution in [0.5, 0.6) is 0 Å². The fourth-order valence-electron chi connectivity index (χ4n) is 2.06. The van der Waals surface area contributed by atoms with Crippen molar-refractivity contribution in [2.75, 3.05) is 32.7 Å². The molecular weight excluding hydrogens is 200 g/mol. The van der Waals surface area contributed by atoms with E-state index in [1.165, 1.54) is 0 Å². The minimum absolute atomic E-state index is 0.192. The van der Waals surface area contributed by atoms with Gasteiger partial charge in [0.05, 0.1) is 0 Å². The molecule has 0 aliphatic carbocycles. The molecule has 1 aliphatic heterocycles. The van der Waals surface area contributed by atoms with Crippen LogP contribution in [-0.2, 0) is 4.79 Å². The summed E-state index contributed by atoms with van der Waals surface area (Å²) in [6.07, 6.45) is 0.722. The third-order valence-electron chi connectivity index (χ3n) is 3.46. The number of rotatable bonds is 5. The van der Waals surface area contributed by atoms with Crippen molar-refractivity contribution in [1.82, 2.24) is 9.80 Å². The average molecular weight is 226 g/mol. The summed E-state index contributed by atoms with van der Waals surface area (Å²) in [4.78, 5) is 16.4. The summed E-state index contributed by atoms with van der Waals surface area (Å²) < 4.78 is 0. The molecule has 3 nitrogen and oxygen atoms in total. The van der Waals surface area contributed by atoms with Gasteiger partial charge in [-0.3, -0.25) is 9.69 Å².